The molecule has 16 heavy (non-hydrogen) atoms. The van der Waals surface area contributed by atoms with Crippen molar-refractivity contribution in [1.29, 1.82) is 5.26 Å². The number of hydrogen-bond donors (Lipinski definition) is 1. The van der Waals surface area contributed by atoms with Crippen LogP contribution in [-0.2, 0) is 0 Å². The van der Waals surface area contributed by atoms with Gasteiger partial charge >= 0.3 is 5.97 Å². The van der Waals surface area contributed by atoms with Crippen LogP contribution in [0.4, 0.5) is 0 Å². The number of benzene rings is 1. The number of halogens is 1. The Hall–Kier alpha value is -1.73. The van der Waals surface area contributed by atoms with Gasteiger partial charge in [0.25, 0.3) is 0 Å². The van der Waals surface area contributed by atoms with Crippen molar-refractivity contribution in [3.05, 3.63) is 28.8 Å². The van der Waals surface area contributed by atoms with E-state index in [0.717, 1.165) is 0 Å². The zero-order valence-corrected chi connectivity index (χ0v) is 9.36. The Balaban J connectivity index is 3.04. The molecule has 0 aromatic heterocycles. The Morgan fingerprint density at radius 3 is 2.88 bits per heavy atom. The number of carbonyl (C=O) groups is 1. The minimum atomic E-state index is -1.13. The van der Waals surface area contributed by atoms with Gasteiger partial charge in [0.2, 0.25) is 0 Å². The lowest BCUT2D eigenvalue weighted by atomic mass is 10.2. The smallest absolute Gasteiger partial charge is 0.339 e. The zero-order chi connectivity index (χ0) is 12.1. The Bertz CT molecular complexity index is 439. The van der Waals surface area contributed by atoms with Gasteiger partial charge in [0.05, 0.1) is 0 Å². The molecule has 0 saturated carbocycles. The first-order valence-corrected chi connectivity index (χ1v) is 5.05. The van der Waals surface area contributed by atoms with E-state index < -0.39 is 12.1 Å². The maximum Gasteiger partial charge on any atom is 0.339 e. The zero-order valence-electron chi connectivity index (χ0n) is 8.61. The fraction of sp³-hybridized carbons (Fsp3) is 0.273. The first kappa shape index (κ1) is 12.3. The van der Waals surface area contributed by atoms with E-state index in [1.54, 1.807) is 6.92 Å². The van der Waals surface area contributed by atoms with Crippen molar-refractivity contribution >= 4 is 17.6 Å². The van der Waals surface area contributed by atoms with Gasteiger partial charge in [-0.1, -0.05) is 18.5 Å². The predicted octanol–water partition coefficient (Wildman–Crippen LogP) is 2.72. The highest BCUT2D eigenvalue weighted by molar-refractivity contribution is 6.31. The van der Waals surface area contributed by atoms with E-state index in [1.807, 2.05) is 6.07 Å². The van der Waals surface area contributed by atoms with Gasteiger partial charge in [-0.05, 0) is 24.6 Å². The summed E-state index contributed by atoms with van der Waals surface area (Å²) in [5.74, 6) is -0.976. The lowest BCUT2D eigenvalue weighted by Crippen LogP contribution is -2.14. The summed E-state index contributed by atoms with van der Waals surface area (Å²) in [6, 6.07) is 6.20. The summed E-state index contributed by atoms with van der Waals surface area (Å²) in [6.45, 7) is 1.78. The molecule has 0 heterocycles. The summed E-state index contributed by atoms with van der Waals surface area (Å²) in [4.78, 5) is 10.9. The number of nitriles is 1. The van der Waals surface area contributed by atoms with Crippen LogP contribution in [0.2, 0.25) is 5.02 Å². The minimum Gasteiger partial charge on any atom is -0.478 e. The van der Waals surface area contributed by atoms with Crippen LogP contribution in [0.3, 0.4) is 0 Å². The molecule has 0 spiro atoms. The Labute approximate surface area is 98.0 Å². The van der Waals surface area contributed by atoms with E-state index in [-0.39, 0.29) is 11.3 Å². The van der Waals surface area contributed by atoms with Gasteiger partial charge in [0, 0.05) is 5.02 Å². The normalized spacial score (nSPS) is 11.6. The molecule has 0 radical (unpaired) electrons. The highest BCUT2D eigenvalue weighted by atomic mass is 35.5. The van der Waals surface area contributed by atoms with Gasteiger partial charge in [-0.2, -0.15) is 5.26 Å². The second kappa shape index (κ2) is 5.38. The number of rotatable bonds is 4. The summed E-state index contributed by atoms with van der Waals surface area (Å²) in [5, 5.41) is 18.0. The van der Waals surface area contributed by atoms with E-state index >= 15 is 0 Å². The quantitative estimate of drug-likeness (QED) is 0.877. The summed E-state index contributed by atoms with van der Waals surface area (Å²) in [6.07, 6.45) is -0.169. The van der Waals surface area contributed by atoms with Crippen molar-refractivity contribution in [2.24, 2.45) is 0 Å². The number of carboxylic acids is 1. The molecule has 0 aliphatic carbocycles. The maximum absolute atomic E-state index is 10.9. The van der Waals surface area contributed by atoms with Gasteiger partial charge in [0.15, 0.2) is 6.10 Å². The topological polar surface area (TPSA) is 70.3 Å². The summed E-state index contributed by atoms with van der Waals surface area (Å²) in [5.41, 5.74) is -0.0406. The summed E-state index contributed by atoms with van der Waals surface area (Å²) < 4.78 is 5.26. The third-order valence-corrected chi connectivity index (χ3v) is 2.19. The van der Waals surface area contributed by atoms with Gasteiger partial charge in [-0.25, -0.2) is 4.79 Å². The minimum absolute atomic E-state index is 0.0406. The molecule has 1 N–H and O–H groups in total. The summed E-state index contributed by atoms with van der Waals surface area (Å²) >= 11 is 5.68. The fourth-order valence-corrected chi connectivity index (χ4v) is 1.30. The van der Waals surface area contributed by atoms with Crippen LogP contribution in [-0.4, -0.2) is 17.2 Å². The van der Waals surface area contributed by atoms with Crippen LogP contribution >= 0.6 is 11.6 Å². The average Bonchev–Trinajstić information content (AvgIpc) is 2.27. The van der Waals surface area contributed by atoms with Gasteiger partial charge in [0.1, 0.15) is 17.4 Å². The van der Waals surface area contributed by atoms with Crippen LogP contribution in [0, 0.1) is 11.3 Å². The molecule has 0 fully saturated rings. The molecule has 84 valence electrons. The molecular weight excluding hydrogens is 230 g/mol. The summed E-state index contributed by atoms with van der Waals surface area (Å²) in [7, 11) is 0. The van der Waals surface area contributed by atoms with Crippen LogP contribution < -0.4 is 4.74 Å². The van der Waals surface area contributed by atoms with Gasteiger partial charge in [-0.15, -0.1) is 0 Å². The van der Waals surface area contributed by atoms with Crippen molar-refractivity contribution in [3.63, 3.8) is 0 Å². The molecule has 1 aromatic rings. The third-order valence-electron chi connectivity index (χ3n) is 1.96. The monoisotopic (exact) mass is 239 g/mol. The number of ether oxygens (including phenoxy) is 1. The van der Waals surface area contributed by atoms with E-state index in [4.69, 9.17) is 26.7 Å². The first-order valence-electron chi connectivity index (χ1n) is 4.67. The molecule has 0 bridgehead atoms. The van der Waals surface area contributed by atoms with Crippen LogP contribution in [0.25, 0.3) is 0 Å². The van der Waals surface area contributed by atoms with Crippen LogP contribution in [0.5, 0.6) is 5.75 Å². The molecule has 4 nitrogen and oxygen atoms in total. The molecular formula is C11H10ClNO3. The highest BCUT2D eigenvalue weighted by Crippen LogP contribution is 2.24. The lowest BCUT2D eigenvalue weighted by Gasteiger charge is -2.12. The molecule has 0 amide bonds. The highest BCUT2D eigenvalue weighted by Gasteiger charge is 2.15. The second-order valence-electron chi connectivity index (χ2n) is 3.09. The molecule has 1 unspecified atom stereocenters. The van der Waals surface area contributed by atoms with Crippen LogP contribution in [0.15, 0.2) is 18.2 Å². The van der Waals surface area contributed by atoms with Gasteiger partial charge in [-0.3, -0.25) is 0 Å². The lowest BCUT2D eigenvalue weighted by molar-refractivity contribution is 0.0691. The molecule has 0 aliphatic heterocycles. The van der Waals surface area contributed by atoms with E-state index in [1.165, 1.54) is 18.2 Å². The van der Waals surface area contributed by atoms with Crippen molar-refractivity contribution in [1.82, 2.24) is 0 Å². The Morgan fingerprint density at radius 1 is 1.69 bits per heavy atom. The second-order valence-corrected chi connectivity index (χ2v) is 3.53. The Kier molecular flexibility index (Phi) is 4.15. The van der Waals surface area contributed by atoms with Crippen molar-refractivity contribution in [2.75, 3.05) is 0 Å². The predicted molar refractivity (Wildman–Crippen MR) is 58.7 cm³/mol. The molecule has 1 rings (SSSR count). The molecule has 0 saturated heterocycles. The SMILES string of the molecule is CCC(C#N)Oc1ccc(Cl)cc1C(=O)O. The van der Waals surface area contributed by atoms with Gasteiger partial charge < -0.3 is 9.84 Å². The van der Waals surface area contributed by atoms with Crippen molar-refractivity contribution < 1.29 is 14.6 Å². The number of nitrogens with zero attached hydrogens (tertiary/aromatic N) is 1. The molecule has 1 aromatic carbocycles. The first-order chi connectivity index (χ1) is 7.58. The number of carboxylic acid groups (broad SMARTS) is 1. The maximum atomic E-state index is 10.9. The molecule has 5 heteroatoms. The Morgan fingerprint density at radius 2 is 2.38 bits per heavy atom. The van der Waals surface area contributed by atoms with E-state index in [2.05, 4.69) is 0 Å². The fourth-order valence-electron chi connectivity index (χ4n) is 1.13. The number of hydrogen-bond acceptors (Lipinski definition) is 3. The van der Waals surface area contributed by atoms with E-state index in [9.17, 15) is 4.79 Å². The standard InChI is InChI=1S/C11H10ClNO3/c1-2-8(6-13)16-10-4-3-7(12)5-9(10)11(14)15/h3-5,8H,2H2,1H3,(H,14,15). The number of aromatic carboxylic acids is 1. The van der Waals surface area contributed by atoms with Crippen molar-refractivity contribution in [2.45, 2.75) is 19.4 Å². The van der Waals surface area contributed by atoms with E-state index in [0.29, 0.717) is 11.4 Å². The van der Waals surface area contributed by atoms with Crippen LogP contribution in [0.1, 0.15) is 23.7 Å². The molecule has 1 atom stereocenters. The average molecular weight is 240 g/mol. The third kappa shape index (κ3) is 2.88. The van der Waals surface area contributed by atoms with Crippen molar-refractivity contribution in [3.8, 4) is 11.8 Å². The molecule has 0 aliphatic rings. The largest absolute Gasteiger partial charge is 0.478 e.